The Morgan fingerprint density at radius 2 is 1.62 bits per heavy atom. The number of para-hydroxylation sites is 2. The molecule has 5 heteroatoms. The van der Waals surface area contributed by atoms with Crippen molar-refractivity contribution >= 4 is 22.6 Å². The number of aromatic nitrogens is 2. The van der Waals surface area contributed by atoms with Crippen LogP contribution in [-0.2, 0) is 6.54 Å². The van der Waals surface area contributed by atoms with Gasteiger partial charge in [0.1, 0.15) is 18.1 Å². The molecular formula is C24H23ClN2O2. The predicted octanol–water partition coefficient (Wildman–Crippen LogP) is 6.22. The van der Waals surface area contributed by atoms with Gasteiger partial charge in [-0.1, -0.05) is 41.4 Å². The van der Waals surface area contributed by atoms with Crippen molar-refractivity contribution in [1.29, 1.82) is 0 Å². The molecule has 148 valence electrons. The molecule has 0 saturated carbocycles. The zero-order valence-corrected chi connectivity index (χ0v) is 17.3. The monoisotopic (exact) mass is 406 g/mol. The van der Waals surface area contributed by atoms with Crippen molar-refractivity contribution in [3.63, 3.8) is 0 Å². The molecular weight excluding hydrogens is 384 g/mol. The quantitative estimate of drug-likeness (QED) is 0.365. The van der Waals surface area contributed by atoms with Gasteiger partial charge in [0.2, 0.25) is 0 Å². The summed E-state index contributed by atoms with van der Waals surface area (Å²) in [5.74, 6) is 2.50. The van der Waals surface area contributed by atoms with Gasteiger partial charge >= 0.3 is 0 Å². The van der Waals surface area contributed by atoms with Gasteiger partial charge in [-0.25, -0.2) is 4.98 Å². The molecule has 29 heavy (non-hydrogen) atoms. The largest absolute Gasteiger partial charge is 0.492 e. The van der Waals surface area contributed by atoms with Crippen LogP contribution in [0.25, 0.3) is 11.0 Å². The van der Waals surface area contributed by atoms with E-state index in [1.165, 1.54) is 5.56 Å². The summed E-state index contributed by atoms with van der Waals surface area (Å²) in [4.78, 5) is 4.82. The Bertz CT molecular complexity index is 1090. The first-order valence-corrected chi connectivity index (χ1v) is 10.0. The number of ether oxygens (including phenoxy) is 2. The zero-order chi connectivity index (χ0) is 20.2. The topological polar surface area (TPSA) is 36.3 Å². The molecule has 0 bridgehead atoms. The normalized spacial score (nSPS) is 12.1. The third-order valence-electron chi connectivity index (χ3n) is 4.78. The molecule has 1 heterocycles. The number of benzene rings is 3. The van der Waals surface area contributed by atoms with Gasteiger partial charge in [-0.15, -0.1) is 0 Å². The smallest absolute Gasteiger partial charge is 0.153 e. The summed E-state index contributed by atoms with van der Waals surface area (Å²) in [7, 11) is 0. The number of nitrogens with zero attached hydrogens (tertiary/aromatic N) is 2. The standard InChI is InChI=1S/C24H23ClN2O2/c1-17-7-11-20(12-8-17)28-16-15-27-23-6-4-3-5-22(23)26-24(27)18(2)29-21-13-9-19(25)10-14-21/h3-14,18H,15-16H2,1-2H3. The second kappa shape index (κ2) is 8.58. The third-order valence-corrected chi connectivity index (χ3v) is 5.03. The summed E-state index contributed by atoms with van der Waals surface area (Å²) in [6.07, 6.45) is -0.219. The van der Waals surface area contributed by atoms with Crippen LogP contribution in [0.1, 0.15) is 24.4 Å². The summed E-state index contributed by atoms with van der Waals surface area (Å²) < 4.78 is 14.2. The number of halogens is 1. The first-order chi connectivity index (χ1) is 14.1. The molecule has 0 N–H and O–H groups in total. The maximum absolute atomic E-state index is 6.12. The van der Waals surface area contributed by atoms with Crippen molar-refractivity contribution in [3.05, 3.63) is 89.2 Å². The van der Waals surface area contributed by atoms with Crippen LogP contribution in [0.2, 0.25) is 5.02 Å². The minimum atomic E-state index is -0.219. The Morgan fingerprint density at radius 1 is 0.931 bits per heavy atom. The van der Waals surface area contributed by atoms with Crippen molar-refractivity contribution in [2.45, 2.75) is 26.5 Å². The van der Waals surface area contributed by atoms with Crippen molar-refractivity contribution in [2.24, 2.45) is 0 Å². The molecule has 1 unspecified atom stereocenters. The lowest BCUT2D eigenvalue weighted by atomic mass is 10.2. The third kappa shape index (κ3) is 4.54. The van der Waals surface area contributed by atoms with Crippen LogP contribution in [0, 0.1) is 6.92 Å². The first kappa shape index (κ1) is 19.3. The van der Waals surface area contributed by atoms with Crippen molar-refractivity contribution in [1.82, 2.24) is 9.55 Å². The van der Waals surface area contributed by atoms with E-state index >= 15 is 0 Å². The highest BCUT2D eigenvalue weighted by Crippen LogP contribution is 2.26. The molecule has 0 saturated heterocycles. The van der Waals surface area contributed by atoms with Crippen LogP contribution in [0.15, 0.2) is 72.8 Å². The van der Waals surface area contributed by atoms with E-state index < -0.39 is 0 Å². The molecule has 0 radical (unpaired) electrons. The van der Waals surface area contributed by atoms with Gasteiger partial charge in [-0.05, 0) is 62.4 Å². The van der Waals surface area contributed by atoms with Gasteiger partial charge < -0.3 is 14.0 Å². The van der Waals surface area contributed by atoms with E-state index in [1.54, 1.807) is 0 Å². The van der Waals surface area contributed by atoms with Crippen LogP contribution in [0.4, 0.5) is 0 Å². The summed E-state index contributed by atoms with van der Waals surface area (Å²) >= 11 is 5.97. The Kier molecular flexibility index (Phi) is 5.72. The number of fused-ring (bicyclic) bond motifs is 1. The minimum absolute atomic E-state index is 0.219. The highest BCUT2D eigenvalue weighted by atomic mass is 35.5. The van der Waals surface area contributed by atoms with Crippen LogP contribution < -0.4 is 9.47 Å². The molecule has 0 aliphatic rings. The van der Waals surface area contributed by atoms with Crippen LogP contribution in [0.5, 0.6) is 11.5 Å². The van der Waals surface area contributed by atoms with E-state index in [0.29, 0.717) is 18.2 Å². The van der Waals surface area contributed by atoms with Crippen molar-refractivity contribution < 1.29 is 9.47 Å². The van der Waals surface area contributed by atoms with E-state index in [1.807, 2.05) is 61.5 Å². The van der Waals surface area contributed by atoms with Gasteiger partial charge in [0.25, 0.3) is 0 Å². The number of hydrogen-bond acceptors (Lipinski definition) is 3. The molecule has 3 aromatic carbocycles. The maximum atomic E-state index is 6.12. The fourth-order valence-corrected chi connectivity index (χ4v) is 3.42. The predicted molar refractivity (Wildman–Crippen MR) is 117 cm³/mol. The molecule has 0 aliphatic carbocycles. The summed E-state index contributed by atoms with van der Waals surface area (Å²) in [6.45, 7) is 5.30. The molecule has 0 amide bonds. The lowest BCUT2D eigenvalue weighted by molar-refractivity contribution is 0.207. The Labute approximate surface area is 175 Å². The molecule has 4 aromatic rings. The van der Waals surface area contributed by atoms with Crippen molar-refractivity contribution in [2.75, 3.05) is 6.61 Å². The van der Waals surface area contributed by atoms with E-state index in [0.717, 1.165) is 28.4 Å². The summed E-state index contributed by atoms with van der Waals surface area (Å²) in [6, 6.07) is 23.6. The average Bonchev–Trinajstić information content (AvgIpc) is 3.10. The lowest BCUT2D eigenvalue weighted by Gasteiger charge is -2.17. The number of imidazole rings is 1. The lowest BCUT2D eigenvalue weighted by Crippen LogP contribution is -2.15. The molecule has 4 nitrogen and oxygen atoms in total. The highest BCUT2D eigenvalue weighted by Gasteiger charge is 2.18. The minimum Gasteiger partial charge on any atom is -0.492 e. The number of rotatable bonds is 7. The SMILES string of the molecule is Cc1ccc(OCCn2c(C(C)Oc3ccc(Cl)cc3)nc3ccccc32)cc1. The second-order valence-corrected chi connectivity index (χ2v) is 7.42. The zero-order valence-electron chi connectivity index (χ0n) is 16.5. The second-order valence-electron chi connectivity index (χ2n) is 6.99. The molecule has 0 fully saturated rings. The Morgan fingerprint density at radius 3 is 2.38 bits per heavy atom. The summed E-state index contributed by atoms with van der Waals surface area (Å²) in [5, 5.41) is 0.686. The Balaban J connectivity index is 1.54. The van der Waals surface area contributed by atoms with E-state index in [9.17, 15) is 0 Å². The fraction of sp³-hybridized carbons (Fsp3) is 0.208. The van der Waals surface area contributed by atoms with Crippen molar-refractivity contribution in [3.8, 4) is 11.5 Å². The van der Waals surface area contributed by atoms with E-state index in [4.69, 9.17) is 26.1 Å². The van der Waals surface area contributed by atoms with Gasteiger partial charge in [0.15, 0.2) is 11.9 Å². The van der Waals surface area contributed by atoms with Gasteiger partial charge in [0, 0.05) is 5.02 Å². The number of hydrogen-bond donors (Lipinski definition) is 0. The molecule has 1 atom stereocenters. The van der Waals surface area contributed by atoms with Gasteiger partial charge in [-0.3, -0.25) is 0 Å². The van der Waals surface area contributed by atoms with Crippen LogP contribution in [-0.4, -0.2) is 16.2 Å². The van der Waals surface area contributed by atoms with Crippen LogP contribution >= 0.6 is 11.6 Å². The van der Waals surface area contributed by atoms with Crippen LogP contribution in [0.3, 0.4) is 0 Å². The number of aryl methyl sites for hydroxylation is 1. The molecule has 0 aliphatic heterocycles. The highest BCUT2D eigenvalue weighted by molar-refractivity contribution is 6.30. The van der Waals surface area contributed by atoms with Gasteiger partial charge in [0.05, 0.1) is 17.6 Å². The molecule has 1 aromatic heterocycles. The summed E-state index contributed by atoms with van der Waals surface area (Å²) in [5.41, 5.74) is 3.24. The Hall–Kier alpha value is -2.98. The fourth-order valence-electron chi connectivity index (χ4n) is 3.30. The average molecular weight is 407 g/mol. The first-order valence-electron chi connectivity index (χ1n) is 9.67. The molecule has 0 spiro atoms. The van der Waals surface area contributed by atoms with E-state index in [2.05, 4.69) is 29.7 Å². The maximum Gasteiger partial charge on any atom is 0.153 e. The molecule has 4 rings (SSSR count). The van der Waals surface area contributed by atoms with Gasteiger partial charge in [-0.2, -0.15) is 0 Å². The van der Waals surface area contributed by atoms with E-state index in [-0.39, 0.29) is 6.10 Å².